The van der Waals surface area contributed by atoms with Crippen molar-refractivity contribution in [3.63, 3.8) is 0 Å². The quantitative estimate of drug-likeness (QED) is 0.635. The van der Waals surface area contributed by atoms with Gasteiger partial charge in [-0.15, -0.1) is 0 Å². The molecule has 0 saturated heterocycles. The van der Waals surface area contributed by atoms with Crippen LogP contribution in [0, 0.1) is 35.3 Å². The molecule has 5 nitrogen and oxygen atoms in total. The normalized spacial score (nSPS) is 10.1. The number of aryl methyl sites for hydroxylation is 2. The molecule has 0 amide bonds. The summed E-state index contributed by atoms with van der Waals surface area (Å²) in [5.74, 6) is 0. The Hall–Kier alpha value is -2.39. The van der Waals surface area contributed by atoms with Crippen LogP contribution < -0.4 is 0 Å². The van der Waals surface area contributed by atoms with Gasteiger partial charge < -0.3 is 0 Å². The van der Waals surface area contributed by atoms with Crippen LogP contribution in [0.3, 0.4) is 0 Å². The summed E-state index contributed by atoms with van der Waals surface area (Å²) >= 11 is 1.38. The summed E-state index contributed by atoms with van der Waals surface area (Å²) in [5.41, 5.74) is 1.93. The molecule has 2 rings (SSSR count). The molecule has 0 fully saturated rings. The summed E-state index contributed by atoms with van der Waals surface area (Å²) in [5, 5.41) is 20.2. The van der Waals surface area contributed by atoms with Gasteiger partial charge in [-0.3, -0.25) is 10.1 Å². The van der Waals surface area contributed by atoms with Crippen LogP contribution in [-0.2, 0) is 0 Å². The largest absolute Gasteiger partial charge is 0.305 e. The number of pyridine rings is 1. The zero-order valence-corrected chi connectivity index (χ0v) is 11.8. The predicted molar refractivity (Wildman–Crippen MR) is 75.6 cm³/mol. The lowest BCUT2D eigenvalue weighted by molar-refractivity contribution is -0.385. The number of hydrogen-bond donors (Lipinski definition) is 0. The Morgan fingerprint density at radius 3 is 2.60 bits per heavy atom. The number of rotatable bonds is 3. The van der Waals surface area contributed by atoms with Crippen molar-refractivity contribution in [2.45, 2.75) is 23.8 Å². The molecule has 0 unspecified atom stereocenters. The molecule has 0 aliphatic heterocycles. The van der Waals surface area contributed by atoms with Crippen molar-refractivity contribution >= 4 is 17.4 Å². The number of benzene rings is 1. The van der Waals surface area contributed by atoms with E-state index in [1.807, 2.05) is 32.0 Å². The molecule has 1 heterocycles. The molecule has 6 heteroatoms. The van der Waals surface area contributed by atoms with E-state index in [-0.39, 0.29) is 11.4 Å². The highest BCUT2D eigenvalue weighted by atomic mass is 32.2. The van der Waals surface area contributed by atoms with Crippen LogP contribution in [0.2, 0.25) is 0 Å². The molecule has 0 aliphatic carbocycles. The Morgan fingerprint density at radius 1 is 1.25 bits per heavy atom. The Balaban J connectivity index is 2.32. The molecule has 0 radical (unpaired) electrons. The second-order valence-electron chi connectivity index (χ2n) is 4.23. The minimum absolute atomic E-state index is 0.163. The Bertz CT molecular complexity index is 723. The van der Waals surface area contributed by atoms with Crippen LogP contribution in [0.4, 0.5) is 5.69 Å². The first-order valence-electron chi connectivity index (χ1n) is 5.82. The van der Waals surface area contributed by atoms with E-state index in [4.69, 9.17) is 5.26 Å². The van der Waals surface area contributed by atoms with Gasteiger partial charge in [0.1, 0.15) is 11.1 Å². The van der Waals surface area contributed by atoms with Gasteiger partial charge in [0, 0.05) is 11.0 Å². The van der Waals surface area contributed by atoms with Gasteiger partial charge in [0.2, 0.25) is 5.69 Å². The van der Waals surface area contributed by atoms with Crippen molar-refractivity contribution in [2.24, 2.45) is 0 Å². The zero-order valence-electron chi connectivity index (χ0n) is 11.0. The Labute approximate surface area is 120 Å². The minimum atomic E-state index is -0.601. The monoisotopic (exact) mass is 285 g/mol. The summed E-state index contributed by atoms with van der Waals surface area (Å²) in [6.45, 7) is 4.05. The standard InChI is InChI=1S/C14H11N3O2S/c1-9-3-4-11(7-10(9)2)20-14-6-5-13(17(18)19)12(8-15)16-14/h3-7H,1-2H3. The lowest BCUT2D eigenvalue weighted by Crippen LogP contribution is -1.95. The molecule has 2 aromatic rings. The summed E-state index contributed by atoms with van der Waals surface area (Å²) < 4.78 is 0. The Kier molecular flexibility index (Phi) is 4.01. The van der Waals surface area contributed by atoms with E-state index < -0.39 is 4.92 Å². The second-order valence-corrected chi connectivity index (χ2v) is 5.33. The topological polar surface area (TPSA) is 79.8 Å². The summed E-state index contributed by atoms with van der Waals surface area (Å²) in [7, 11) is 0. The highest BCUT2D eigenvalue weighted by Crippen LogP contribution is 2.29. The van der Waals surface area contributed by atoms with Gasteiger partial charge >= 0.3 is 5.69 Å². The van der Waals surface area contributed by atoms with Crippen molar-refractivity contribution in [1.82, 2.24) is 4.98 Å². The maximum absolute atomic E-state index is 10.7. The second kappa shape index (κ2) is 5.72. The van der Waals surface area contributed by atoms with Gasteiger partial charge in [-0.25, -0.2) is 4.98 Å². The molecule has 100 valence electrons. The van der Waals surface area contributed by atoms with E-state index in [1.54, 1.807) is 12.1 Å². The van der Waals surface area contributed by atoms with E-state index in [9.17, 15) is 10.1 Å². The molecule has 20 heavy (non-hydrogen) atoms. The molecular weight excluding hydrogens is 274 g/mol. The summed E-state index contributed by atoms with van der Waals surface area (Å²) in [4.78, 5) is 15.1. The molecule has 0 N–H and O–H groups in total. The molecule has 1 aromatic heterocycles. The number of nitrogens with zero attached hydrogens (tertiary/aromatic N) is 3. The van der Waals surface area contributed by atoms with Gasteiger partial charge in [-0.1, -0.05) is 17.8 Å². The molecule has 1 aromatic carbocycles. The first-order chi connectivity index (χ1) is 9.51. The number of nitro groups is 1. The molecule has 0 saturated carbocycles. The van der Waals surface area contributed by atoms with E-state index in [1.165, 1.54) is 23.4 Å². The fourth-order valence-corrected chi connectivity index (χ4v) is 2.50. The van der Waals surface area contributed by atoms with E-state index in [0.29, 0.717) is 5.03 Å². The average Bonchev–Trinajstić information content (AvgIpc) is 2.42. The average molecular weight is 285 g/mol. The van der Waals surface area contributed by atoms with Crippen molar-refractivity contribution in [2.75, 3.05) is 0 Å². The van der Waals surface area contributed by atoms with Crippen molar-refractivity contribution in [1.29, 1.82) is 5.26 Å². The Morgan fingerprint density at radius 2 is 2.00 bits per heavy atom. The lowest BCUT2D eigenvalue weighted by atomic mass is 10.1. The molecule has 0 bridgehead atoms. The van der Waals surface area contributed by atoms with Crippen molar-refractivity contribution in [3.8, 4) is 6.07 Å². The molecular formula is C14H11N3O2S. The van der Waals surface area contributed by atoms with E-state index >= 15 is 0 Å². The maximum atomic E-state index is 10.7. The first-order valence-corrected chi connectivity index (χ1v) is 6.63. The lowest BCUT2D eigenvalue weighted by Gasteiger charge is -2.05. The minimum Gasteiger partial charge on any atom is -0.258 e. The smallest absolute Gasteiger partial charge is 0.258 e. The highest BCUT2D eigenvalue weighted by Gasteiger charge is 2.15. The van der Waals surface area contributed by atoms with E-state index in [0.717, 1.165) is 10.5 Å². The van der Waals surface area contributed by atoms with E-state index in [2.05, 4.69) is 4.98 Å². The third kappa shape index (κ3) is 2.95. The summed E-state index contributed by atoms with van der Waals surface area (Å²) in [6, 6.07) is 10.6. The van der Waals surface area contributed by atoms with Crippen LogP contribution in [0.25, 0.3) is 0 Å². The third-order valence-electron chi connectivity index (χ3n) is 2.85. The highest BCUT2D eigenvalue weighted by molar-refractivity contribution is 7.99. The van der Waals surface area contributed by atoms with Crippen molar-refractivity contribution in [3.05, 3.63) is 57.3 Å². The van der Waals surface area contributed by atoms with Gasteiger partial charge in [0.15, 0.2) is 0 Å². The third-order valence-corrected chi connectivity index (χ3v) is 3.78. The number of aromatic nitrogens is 1. The molecule has 0 spiro atoms. The van der Waals surface area contributed by atoms with Gasteiger partial charge in [0.25, 0.3) is 0 Å². The van der Waals surface area contributed by atoms with Crippen LogP contribution in [0.15, 0.2) is 40.3 Å². The number of nitriles is 1. The predicted octanol–water partition coefficient (Wildman–Crippen LogP) is 3.63. The van der Waals surface area contributed by atoms with Crippen LogP contribution >= 0.6 is 11.8 Å². The molecule has 0 aliphatic rings. The zero-order chi connectivity index (χ0) is 14.7. The summed E-state index contributed by atoms with van der Waals surface area (Å²) in [6.07, 6.45) is 0. The SMILES string of the molecule is Cc1ccc(Sc2ccc([N+](=O)[O-])c(C#N)n2)cc1C. The van der Waals surface area contributed by atoms with Crippen LogP contribution in [0.5, 0.6) is 0 Å². The number of hydrogen-bond acceptors (Lipinski definition) is 5. The fraction of sp³-hybridized carbons (Fsp3) is 0.143. The van der Waals surface area contributed by atoms with Crippen molar-refractivity contribution < 1.29 is 4.92 Å². The van der Waals surface area contributed by atoms with Gasteiger partial charge in [-0.05, 0) is 43.2 Å². The van der Waals surface area contributed by atoms with Gasteiger partial charge in [-0.2, -0.15) is 5.26 Å². The first kappa shape index (κ1) is 14.0. The fourth-order valence-electron chi connectivity index (χ4n) is 1.62. The van der Waals surface area contributed by atoms with Crippen LogP contribution in [0.1, 0.15) is 16.8 Å². The van der Waals surface area contributed by atoms with Gasteiger partial charge in [0.05, 0.1) is 4.92 Å². The maximum Gasteiger partial charge on any atom is 0.305 e. The van der Waals surface area contributed by atoms with Crippen LogP contribution in [-0.4, -0.2) is 9.91 Å². The molecule has 0 atom stereocenters.